The Kier molecular flexibility index (Phi) is 3.72. The standard InChI is InChI=1S/C15H17N3O3/c1-10-11(2)18(9-16-10)13-5-3-12(4-6-13)17-14(19)15-20-7-8-21-15/h3-6,9,15H,7-8H2,1-2H3,(H,17,19). The third-order valence-corrected chi connectivity index (χ3v) is 3.50. The summed E-state index contributed by atoms with van der Waals surface area (Å²) in [6.45, 7) is 4.90. The van der Waals surface area contributed by atoms with Gasteiger partial charge in [0, 0.05) is 17.1 Å². The molecule has 1 aliphatic rings. The van der Waals surface area contributed by atoms with Crippen LogP contribution in [0.25, 0.3) is 5.69 Å². The Morgan fingerprint density at radius 3 is 2.48 bits per heavy atom. The number of imidazole rings is 1. The van der Waals surface area contributed by atoms with E-state index in [1.165, 1.54) is 0 Å². The molecule has 1 amide bonds. The third kappa shape index (κ3) is 2.81. The Bertz CT molecular complexity index is 643. The number of rotatable bonds is 3. The van der Waals surface area contributed by atoms with E-state index in [4.69, 9.17) is 9.47 Å². The zero-order chi connectivity index (χ0) is 14.8. The van der Waals surface area contributed by atoms with E-state index in [1.54, 1.807) is 6.33 Å². The van der Waals surface area contributed by atoms with E-state index in [9.17, 15) is 4.79 Å². The molecule has 1 aliphatic heterocycles. The number of aryl methyl sites for hydroxylation is 1. The summed E-state index contributed by atoms with van der Waals surface area (Å²) in [5.74, 6) is -0.282. The SMILES string of the molecule is Cc1ncn(-c2ccc(NC(=O)C3OCCO3)cc2)c1C. The fourth-order valence-corrected chi connectivity index (χ4v) is 2.18. The van der Waals surface area contributed by atoms with Crippen LogP contribution in [0.5, 0.6) is 0 Å². The molecule has 0 atom stereocenters. The summed E-state index contributed by atoms with van der Waals surface area (Å²) in [6.07, 6.45) is 0.988. The topological polar surface area (TPSA) is 65.4 Å². The number of nitrogens with one attached hydrogen (secondary N) is 1. The maximum absolute atomic E-state index is 11.9. The van der Waals surface area contributed by atoms with E-state index in [-0.39, 0.29) is 5.91 Å². The first-order valence-corrected chi connectivity index (χ1v) is 6.80. The number of ether oxygens (including phenoxy) is 2. The molecule has 1 N–H and O–H groups in total. The number of nitrogens with zero attached hydrogens (tertiary/aromatic N) is 2. The first-order chi connectivity index (χ1) is 10.1. The van der Waals surface area contributed by atoms with Crippen molar-refractivity contribution in [1.29, 1.82) is 0 Å². The smallest absolute Gasteiger partial charge is 0.281 e. The maximum atomic E-state index is 11.9. The minimum atomic E-state index is -0.803. The number of carbonyl (C=O) groups excluding carboxylic acids is 1. The van der Waals surface area contributed by atoms with Crippen LogP contribution < -0.4 is 5.32 Å². The van der Waals surface area contributed by atoms with Crippen LogP contribution in [0.4, 0.5) is 5.69 Å². The lowest BCUT2D eigenvalue weighted by Crippen LogP contribution is -2.28. The number of hydrogen-bond donors (Lipinski definition) is 1. The summed E-state index contributed by atoms with van der Waals surface area (Å²) < 4.78 is 12.3. The first-order valence-electron chi connectivity index (χ1n) is 6.80. The van der Waals surface area contributed by atoms with Gasteiger partial charge in [0.25, 0.3) is 5.91 Å². The highest BCUT2D eigenvalue weighted by atomic mass is 16.7. The van der Waals surface area contributed by atoms with Gasteiger partial charge in [-0.15, -0.1) is 0 Å². The Morgan fingerprint density at radius 1 is 1.24 bits per heavy atom. The molecule has 1 aromatic carbocycles. The first kappa shape index (κ1) is 13.8. The van der Waals surface area contributed by atoms with E-state index in [2.05, 4.69) is 10.3 Å². The number of carbonyl (C=O) groups is 1. The Balaban J connectivity index is 1.72. The summed E-state index contributed by atoms with van der Waals surface area (Å²) in [5, 5.41) is 2.77. The van der Waals surface area contributed by atoms with Crippen LogP contribution in [0.15, 0.2) is 30.6 Å². The molecule has 0 unspecified atom stereocenters. The predicted octanol–water partition coefficient (Wildman–Crippen LogP) is 1.80. The largest absolute Gasteiger partial charge is 0.342 e. The fourth-order valence-electron chi connectivity index (χ4n) is 2.18. The normalized spacial score (nSPS) is 15.3. The molecule has 1 saturated heterocycles. The van der Waals surface area contributed by atoms with E-state index in [0.29, 0.717) is 18.9 Å². The van der Waals surface area contributed by atoms with Crippen LogP contribution in [0.1, 0.15) is 11.4 Å². The lowest BCUT2D eigenvalue weighted by atomic mass is 10.2. The van der Waals surface area contributed by atoms with Crippen molar-refractivity contribution >= 4 is 11.6 Å². The van der Waals surface area contributed by atoms with Crippen molar-refractivity contribution in [3.8, 4) is 5.69 Å². The van der Waals surface area contributed by atoms with Gasteiger partial charge in [-0.25, -0.2) is 4.98 Å². The zero-order valence-electron chi connectivity index (χ0n) is 12.0. The van der Waals surface area contributed by atoms with Crippen molar-refractivity contribution in [2.45, 2.75) is 20.1 Å². The lowest BCUT2D eigenvalue weighted by Gasteiger charge is -2.11. The van der Waals surface area contributed by atoms with Crippen molar-refractivity contribution in [2.75, 3.05) is 18.5 Å². The predicted molar refractivity (Wildman–Crippen MR) is 77.4 cm³/mol. The molecule has 3 rings (SSSR count). The molecule has 1 fully saturated rings. The summed E-state index contributed by atoms with van der Waals surface area (Å²) >= 11 is 0. The second kappa shape index (κ2) is 5.67. The molecule has 2 aromatic rings. The van der Waals surface area contributed by atoms with Crippen LogP contribution in [-0.4, -0.2) is 35.0 Å². The average molecular weight is 287 g/mol. The molecular weight excluding hydrogens is 270 g/mol. The second-order valence-electron chi connectivity index (χ2n) is 4.90. The van der Waals surface area contributed by atoms with Crippen molar-refractivity contribution in [3.05, 3.63) is 42.0 Å². The molecular formula is C15H17N3O3. The molecule has 0 saturated carbocycles. The Morgan fingerprint density at radius 2 is 1.90 bits per heavy atom. The van der Waals surface area contributed by atoms with Gasteiger partial charge in [0.15, 0.2) is 0 Å². The van der Waals surface area contributed by atoms with Crippen LogP contribution in [0.3, 0.4) is 0 Å². The highest BCUT2D eigenvalue weighted by Gasteiger charge is 2.24. The number of amides is 1. The molecule has 6 heteroatoms. The van der Waals surface area contributed by atoms with Crippen LogP contribution >= 0.6 is 0 Å². The van der Waals surface area contributed by atoms with Gasteiger partial charge in [0.1, 0.15) is 0 Å². The quantitative estimate of drug-likeness (QED) is 0.935. The molecule has 110 valence electrons. The second-order valence-corrected chi connectivity index (χ2v) is 4.90. The Labute approximate surface area is 122 Å². The van der Waals surface area contributed by atoms with Crippen LogP contribution in [0.2, 0.25) is 0 Å². The molecule has 0 spiro atoms. The summed E-state index contributed by atoms with van der Waals surface area (Å²) in [4.78, 5) is 16.1. The lowest BCUT2D eigenvalue weighted by molar-refractivity contribution is -0.140. The van der Waals surface area contributed by atoms with Crippen molar-refractivity contribution in [3.63, 3.8) is 0 Å². The average Bonchev–Trinajstić information content (AvgIpc) is 3.12. The van der Waals surface area contributed by atoms with Crippen LogP contribution in [0, 0.1) is 13.8 Å². The highest BCUT2D eigenvalue weighted by Crippen LogP contribution is 2.17. The molecule has 0 bridgehead atoms. The number of aromatic nitrogens is 2. The van der Waals surface area contributed by atoms with Gasteiger partial charge in [-0.2, -0.15) is 0 Å². The minimum Gasteiger partial charge on any atom is -0.342 e. The third-order valence-electron chi connectivity index (χ3n) is 3.50. The van der Waals surface area contributed by atoms with E-state index in [1.807, 2.05) is 42.7 Å². The molecule has 6 nitrogen and oxygen atoms in total. The molecule has 21 heavy (non-hydrogen) atoms. The van der Waals surface area contributed by atoms with Crippen LogP contribution in [-0.2, 0) is 14.3 Å². The van der Waals surface area contributed by atoms with E-state index < -0.39 is 6.29 Å². The highest BCUT2D eigenvalue weighted by molar-refractivity contribution is 5.93. The van der Waals surface area contributed by atoms with Gasteiger partial charge in [0.2, 0.25) is 6.29 Å². The molecule has 0 radical (unpaired) electrons. The summed E-state index contributed by atoms with van der Waals surface area (Å²) in [7, 11) is 0. The van der Waals surface area contributed by atoms with Gasteiger partial charge >= 0.3 is 0 Å². The summed E-state index contributed by atoms with van der Waals surface area (Å²) in [6, 6.07) is 7.55. The van der Waals surface area contributed by atoms with Crippen molar-refractivity contribution in [2.24, 2.45) is 0 Å². The zero-order valence-corrected chi connectivity index (χ0v) is 12.0. The van der Waals surface area contributed by atoms with Gasteiger partial charge in [-0.3, -0.25) is 4.79 Å². The minimum absolute atomic E-state index is 0.282. The molecule has 0 aliphatic carbocycles. The van der Waals surface area contributed by atoms with E-state index in [0.717, 1.165) is 17.1 Å². The summed E-state index contributed by atoms with van der Waals surface area (Å²) in [5.41, 5.74) is 3.80. The van der Waals surface area contributed by atoms with Crippen molar-refractivity contribution < 1.29 is 14.3 Å². The monoisotopic (exact) mass is 287 g/mol. The maximum Gasteiger partial charge on any atom is 0.281 e. The number of benzene rings is 1. The Hall–Kier alpha value is -2.18. The van der Waals surface area contributed by atoms with Gasteiger partial charge in [-0.1, -0.05) is 0 Å². The van der Waals surface area contributed by atoms with Gasteiger partial charge < -0.3 is 19.4 Å². The fraction of sp³-hybridized carbons (Fsp3) is 0.333. The van der Waals surface area contributed by atoms with E-state index >= 15 is 0 Å². The van der Waals surface area contributed by atoms with Crippen molar-refractivity contribution in [1.82, 2.24) is 9.55 Å². The van der Waals surface area contributed by atoms with Gasteiger partial charge in [0.05, 0.1) is 25.2 Å². The molecule has 2 heterocycles. The number of hydrogen-bond acceptors (Lipinski definition) is 4. The van der Waals surface area contributed by atoms with Gasteiger partial charge in [-0.05, 0) is 38.1 Å². The molecule has 1 aromatic heterocycles. The number of anilines is 1.